The molecule has 3 nitrogen and oxygen atoms in total. The lowest BCUT2D eigenvalue weighted by molar-refractivity contribution is 0.913. The highest BCUT2D eigenvalue weighted by molar-refractivity contribution is 7.16. The second-order valence-corrected chi connectivity index (χ2v) is 4.33. The van der Waals surface area contributed by atoms with Crippen LogP contribution in [0.3, 0.4) is 0 Å². The number of hydrogen-bond donors (Lipinski definition) is 1. The molecule has 0 aliphatic rings. The van der Waals surface area contributed by atoms with Gasteiger partial charge in [-0.25, -0.2) is 4.98 Å². The normalized spacial score (nSPS) is 10.8. The summed E-state index contributed by atoms with van der Waals surface area (Å²) in [5, 5.41) is 11.0. The fraction of sp³-hybridized carbons (Fsp3) is 0. The summed E-state index contributed by atoms with van der Waals surface area (Å²) in [4.78, 5) is 5.25. The van der Waals surface area contributed by atoms with Crippen LogP contribution in [0.1, 0.15) is 0 Å². The van der Waals surface area contributed by atoms with Gasteiger partial charge in [0.05, 0.1) is 5.39 Å². The van der Waals surface area contributed by atoms with Crippen LogP contribution in [-0.2, 0) is 0 Å². The third-order valence-electron chi connectivity index (χ3n) is 2.47. The van der Waals surface area contributed by atoms with Crippen LogP contribution in [0.2, 0.25) is 0 Å². The van der Waals surface area contributed by atoms with Gasteiger partial charge in [0, 0.05) is 5.69 Å². The predicted octanol–water partition coefficient (Wildman–Crippen LogP) is 2.57. The van der Waals surface area contributed by atoms with Gasteiger partial charge in [-0.3, -0.25) is 9.98 Å². The standard InChI is InChI=1S/C12H9N3S/c13-11-10-6-7-16-12(10)14-8-15(11)9-4-2-1-3-5-9/h1-8,13H. The van der Waals surface area contributed by atoms with Crippen molar-refractivity contribution in [1.82, 2.24) is 9.55 Å². The van der Waals surface area contributed by atoms with Gasteiger partial charge < -0.3 is 0 Å². The van der Waals surface area contributed by atoms with Crippen molar-refractivity contribution in [3.05, 3.63) is 53.6 Å². The van der Waals surface area contributed by atoms with Gasteiger partial charge in [-0.05, 0) is 23.6 Å². The van der Waals surface area contributed by atoms with Crippen LogP contribution in [0.5, 0.6) is 0 Å². The molecule has 0 unspecified atom stereocenters. The Hall–Kier alpha value is -1.94. The summed E-state index contributed by atoms with van der Waals surface area (Å²) in [6.45, 7) is 0. The van der Waals surface area contributed by atoms with Gasteiger partial charge >= 0.3 is 0 Å². The molecular weight excluding hydrogens is 218 g/mol. The summed E-state index contributed by atoms with van der Waals surface area (Å²) in [5.41, 5.74) is 1.45. The molecule has 78 valence electrons. The number of para-hydroxylation sites is 1. The zero-order chi connectivity index (χ0) is 11.0. The molecule has 0 aliphatic heterocycles. The fourth-order valence-electron chi connectivity index (χ4n) is 1.66. The van der Waals surface area contributed by atoms with E-state index in [9.17, 15) is 0 Å². The molecule has 0 bridgehead atoms. The molecule has 2 aromatic heterocycles. The Labute approximate surface area is 96.1 Å². The van der Waals surface area contributed by atoms with Gasteiger partial charge in [0.25, 0.3) is 0 Å². The quantitative estimate of drug-likeness (QED) is 0.682. The van der Waals surface area contributed by atoms with Gasteiger partial charge in [0.15, 0.2) is 0 Å². The number of benzene rings is 1. The highest BCUT2D eigenvalue weighted by atomic mass is 32.1. The maximum atomic E-state index is 8.12. The number of fused-ring (bicyclic) bond motifs is 1. The number of rotatable bonds is 1. The van der Waals surface area contributed by atoms with E-state index in [1.165, 1.54) is 0 Å². The molecule has 2 heterocycles. The Morgan fingerprint density at radius 2 is 1.94 bits per heavy atom. The van der Waals surface area contributed by atoms with E-state index in [1.54, 1.807) is 22.2 Å². The molecule has 0 spiro atoms. The molecule has 0 fully saturated rings. The maximum Gasteiger partial charge on any atom is 0.141 e. The zero-order valence-electron chi connectivity index (χ0n) is 8.42. The zero-order valence-corrected chi connectivity index (χ0v) is 9.24. The number of nitrogens with zero attached hydrogens (tertiary/aromatic N) is 2. The third-order valence-corrected chi connectivity index (χ3v) is 3.29. The van der Waals surface area contributed by atoms with Crippen LogP contribution in [0.4, 0.5) is 0 Å². The smallest absolute Gasteiger partial charge is 0.141 e. The summed E-state index contributed by atoms with van der Waals surface area (Å²) in [5.74, 6) is 0. The van der Waals surface area contributed by atoms with E-state index in [0.29, 0.717) is 5.49 Å². The van der Waals surface area contributed by atoms with Gasteiger partial charge in [0.2, 0.25) is 0 Å². The lowest BCUT2D eigenvalue weighted by Crippen LogP contribution is -2.18. The molecule has 0 saturated carbocycles. The van der Waals surface area contributed by atoms with E-state index in [0.717, 1.165) is 15.9 Å². The first-order chi connectivity index (χ1) is 7.86. The Morgan fingerprint density at radius 3 is 2.75 bits per heavy atom. The van der Waals surface area contributed by atoms with Crippen molar-refractivity contribution in [2.45, 2.75) is 0 Å². The van der Waals surface area contributed by atoms with Crippen molar-refractivity contribution in [3.8, 4) is 5.69 Å². The summed E-state index contributed by atoms with van der Waals surface area (Å²) >= 11 is 1.56. The minimum Gasteiger partial charge on any atom is -0.285 e. The lowest BCUT2D eigenvalue weighted by atomic mass is 10.3. The molecule has 0 atom stereocenters. The molecule has 3 rings (SSSR count). The van der Waals surface area contributed by atoms with Crippen molar-refractivity contribution in [2.24, 2.45) is 0 Å². The summed E-state index contributed by atoms with van der Waals surface area (Å²) in [6.07, 6.45) is 1.70. The largest absolute Gasteiger partial charge is 0.285 e. The Bertz CT molecular complexity index is 682. The van der Waals surface area contributed by atoms with E-state index < -0.39 is 0 Å². The average Bonchev–Trinajstić information content (AvgIpc) is 2.80. The number of hydrogen-bond acceptors (Lipinski definition) is 3. The van der Waals surface area contributed by atoms with Gasteiger partial charge in [-0.15, -0.1) is 11.3 Å². The summed E-state index contributed by atoms with van der Waals surface area (Å²) in [7, 11) is 0. The third kappa shape index (κ3) is 1.35. The Morgan fingerprint density at radius 1 is 1.12 bits per heavy atom. The number of thiophene rings is 1. The van der Waals surface area contributed by atoms with Crippen molar-refractivity contribution in [2.75, 3.05) is 0 Å². The van der Waals surface area contributed by atoms with Crippen LogP contribution in [-0.4, -0.2) is 9.55 Å². The summed E-state index contributed by atoms with van der Waals surface area (Å²) < 4.78 is 1.79. The molecule has 16 heavy (non-hydrogen) atoms. The number of aromatic nitrogens is 2. The van der Waals surface area contributed by atoms with Crippen LogP contribution >= 0.6 is 11.3 Å². The van der Waals surface area contributed by atoms with E-state index in [1.807, 2.05) is 41.8 Å². The van der Waals surface area contributed by atoms with E-state index in [4.69, 9.17) is 5.41 Å². The highest BCUT2D eigenvalue weighted by Gasteiger charge is 2.02. The summed E-state index contributed by atoms with van der Waals surface area (Å²) in [6, 6.07) is 11.8. The van der Waals surface area contributed by atoms with Crippen LogP contribution in [0.25, 0.3) is 15.9 Å². The SMILES string of the molecule is N=c1c2ccsc2ncn1-c1ccccc1. The van der Waals surface area contributed by atoms with Gasteiger partial charge in [-0.2, -0.15) is 0 Å². The van der Waals surface area contributed by atoms with E-state index in [2.05, 4.69) is 4.98 Å². The second-order valence-electron chi connectivity index (χ2n) is 3.44. The average molecular weight is 227 g/mol. The monoisotopic (exact) mass is 227 g/mol. The Kier molecular flexibility index (Phi) is 2.08. The number of nitrogens with one attached hydrogen (secondary N) is 1. The first-order valence-electron chi connectivity index (χ1n) is 4.91. The molecule has 1 N–H and O–H groups in total. The first kappa shape index (κ1) is 9.30. The van der Waals surface area contributed by atoms with Gasteiger partial charge in [-0.1, -0.05) is 18.2 Å². The van der Waals surface area contributed by atoms with E-state index >= 15 is 0 Å². The molecule has 0 aliphatic carbocycles. The first-order valence-corrected chi connectivity index (χ1v) is 5.79. The minimum absolute atomic E-state index is 0.484. The van der Waals surface area contributed by atoms with Crippen LogP contribution < -0.4 is 5.49 Å². The Balaban J connectivity index is 2.33. The minimum atomic E-state index is 0.484. The second kappa shape index (κ2) is 3.57. The molecule has 0 radical (unpaired) electrons. The van der Waals surface area contributed by atoms with Crippen LogP contribution in [0, 0.1) is 5.41 Å². The molecule has 3 aromatic rings. The van der Waals surface area contributed by atoms with Crippen molar-refractivity contribution in [1.29, 1.82) is 5.41 Å². The van der Waals surface area contributed by atoms with Gasteiger partial charge in [0.1, 0.15) is 16.6 Å². The molecule has 0 amide bonds. The molecular formula is C12H9N3S. The maximum absolute atomic E-state index is 8.12. The molecule has 1 aromatic carbocycles. The predicted molar refractivity (Wildman–Crippen MR) is 64.8 cm³/mol. The topological polar surface area (TPSA) is 41.7 Å². The van der Waals surface area contributed by atoms with Crippen molar-refractivity contribution >= 4 is 21.6 Å². The highest BCUT2D eigenvalue weighted by Crippen LogP contribution is 2.14. The van der Waals surface area contributed by atoms with E-state index in [-0.39, 0.29) is 0 Å². The lowest BCUT2D eigenvalue weighted by Gasteiger charge is -2.05. The molecule has 4 heteroatoms. The van der Waals surface area contributed by atoms with Crippen molar-refractivity contribution < 1.29 is 0 Å². The fourth-order valence-corrected chi connectivity index (χ4v) is 2.40. The van der Waals surface area contributed by atoms with Crippen molar-refractivity contribution in [3.63, 3.8) is 0 Å². The molecule has 0 saturated heterocycles. The van der Waals surface area contributed by atoms with Crippen LogP contribution in [0.15, 0.2) is 48.1 Å².